The number of rotatable bonds is 7. The molecule has 0 aromatic carbocycles. The zero-order chi connectivity index (χ0) is 12.0. The van der Waals surface area contributed by atoms with E-state index >= 15 is 0 Å². The van der Waals surface area contributed by atoms with Crippen LogP contribution in [-0.4, -0.2) is 43.2 Å². The monoisotopic (exact) mass is 251 g/mol. The summed E-state index contributed by atoms with van der Waals surface area (Å²) in [4.78, 5) is 20.6. The smallest absolute Gasteiger partial charge is 0.430 e. The molecule has 1 aliphatic heterocycles. The first-order valence-electron chi connectivity index (χ1n) is 5.60. The molecule has 0 spiro atoms. The summed E-state index contributed by atoms with van der Waals surface area (Å²) in [6.45, 7) is 4.69. The summed E-state index contributed by atoms with van der Waals surface area (Å²) in [5, 5.41) is 0. The van der Waals surface area contributed by atoms with E-state index in [9.17, 15) is 9.69 Å². The van der Waals surface area contributed by atoms with Gasteiger partial charge >= 0.3 is 6.16 Å². The van der Waals surface area contributed by atoms with E-state index in [1.54, 1.807) is 6.66 Å². The molecule has 1 fully saturated rings. The molecule has 1 saturated heterocycles. The van der Waals surface area contributed by atoms with Crippen molar-refractivity contribution in [3.05, 3.63) is 0 Å². The Bertz CT molecular complexity index is 231. The molecule has 0 aromatic rings. The predicted molar refractivity (Wildman–Crippen MR) is 61.6 cm³/mol. The molecule has 0 aliphatic carbocycles. The second kappa shape index (κ2) is 6.38. The van der Waals surface area contributed by atoms with E-state index in [1.807, 2.05) is 0 Å². The molecule has 2 atom stereocenters. The molecule has 6 heteroatoms. The van der Waals surface area contributed by atoms with Crippen LogP contribution >= 0.6 is 7.72 Å². The molecule has 1 heterocycles. The van der Waals surface area contributed by atoms with Gasteiger partial charge in [0, 0.05) is 6.42 Å². The fourth-order valence-electron chi connectivity index (χ4n) is 1.36. The molecule has 1 rings (SSSR count). The number of unbranched alkanes of at least 4 members (excludes halogenated alkanes) is 1. The van der Waals surface area contributed by atoms with Gasteiger partial charge < -0.3 is 9.47 Å². The van der Waals surface area contributed by atoms with Crippen molar-refractivity contribution in [1.29, 1.82) is 0 Å². The average Bonchev–Trinajstić information content (AvgIpc) is 2.62. The summed E-state index contributed by atoms with van der Waals surface area (Å²) in [7, 11) is -2.29. The van der Waals surface area contributed by atoms with Gasteiger partial charge in [0.15, 0.2) is 0 Å². The lowest BCUT2D eigenvalue weighted by atomic mass is 10.3. The Hall–Kier alpha value is -0.380. The number of hydrogen-bond acceptors (Lipinski definition) is 5. The third kappa shape index (κ3) is 5.10. The summed E-state index contributed by atoms with van der Waals surface area (Å²) >= 11 is 0. The van der Waals surface area contributed by atoms with Crippen LogP contribution in [0.4, 0.5) is 4.79 Å². The number of carbonyl (C=O) groups excluding carboxylic acids is 1. The maximum atomic E-state index is 10.7. The van der Waals surface area contributed by atoms with Gasteiger partial charge in [0.25, 0.3) is 7.72 Å². The Morgan fingerprint density at radius 3 is 2.94 bits per heavy atom. The van der Waals surface area contributed by atoms with Crippen molar-refractivity contribution in [2.24, 2.45) is 0 Å². The molecule has 0 saturated carbocycles. The SMILES string of the molecule is CCCCO[P+](C)(O)CCC1COC(=O)O1. The summed E-state index contributed by atoms with van der Waals surface area (Å²) in [6.07, 6.45) is 2.30. The first-order chi connectivity index (χ1) is 7.53. The standard InChI is InChI=1S/C10H20O5P/c1-3-4-6-14-16(2,12)7-5-9-8-13-10(11)15-9/h9,12H,3-8H2,1-2H3/q+1. The predicted octanol–water partition coefficient (Wildman–Crippen LogP) is 2.20. The Kier molecular flexibility index (Phi) is 5.46. The Morgan fingerprint density at radius 2 is 2.38 bits per heavy atom. The van der Waals surface area contributed by atoms with Gasteiger partial charge in [-0.25, -0.2) is 14.2 Å². The lowest BCUT2D eigenvalue weighted by Gasteiger charge is -2.15. The molecule has 0 amide bonds. The van der Waals surface area contributed by atoms with E-state index in [2.05, 4.69) is 11.7 Å². The van der Waals surface area contributed by atoms with E-state index < -0.39 is 13.9 Å². The molecule has 0 radical (unpaired) electrons. The average molecular weight is 251 g/mol. The van der Waals surface area contributed by atoms with E-state index in [0.29, 0.717) is 19.2 Å². The van der Waals surface area contributed by atoms with Crippen LogP contribution in [0.5, 0.6) is 0 Å². The summed E-state index contributed by atoms with van der Waals surface area (Å²) in [6, 6.07) is 0. The molecule has 16 heavy (non-hydrogen) atoms. The van der Waals surface area contributed by atoms with Crippen molar-refractivity contribution in [2.45, 2.75) is 32.3 Å². The van der Waals surface area contributed by atoms with Crippen LogP contribution in [0.25, 0.3) is 0 Å². The molecular weight excluding hydrogens is 231 g/mol. The molecule has 0 bridgehead atoms. The van der Waals surface area contributed by atoms with Crippen molar-refractivity contribution in [2.75, 3.05) is 26.0 Å². The van der Waals surface area contributed by atoms with E-state index in [4.69, 9.17) is 9.26 Å². The van der Waals surface area contributed by atoms with Crippen molar-refractivity contribution in [1.82, 2.24) is 0 Å². The number of cyclic esters (lactones) is 2. The Labute approximate surface area is 96.6 Å². The van der Waals surface area contributed by atoms with E-state index in [0.717, 1.165) is 12.8 Å². The second-order valence-corrected chi connectivity index (χ2v) is 6.86. The van der Waals surface area contributed by atoms with E-state index in [1.165, 1.54) is 0 Å². The van der Waals surface area contributed by atoms with Crippen molar-refractivity contribution < 1.29 is 23.7 Å². The first-order valence-corrected chi connectivity index (χ1v) is 7.89. The van der Waals surface area contributed by atoms with Gasteiger partial charge in [0.1, 0.15) is 25.5 Å². The maximum Gasteiger partial charge on any atom is 0.508 e. The first kappa shape index (κ1) is 13.7. The fourth-order valence-corrected chi connectivity index (χ4v) is 2.78. The second-order valence-electron chi connectivity index (χ2n) is 4.05. The van der Waals surface area contributed by atoms with Crippen LogP contribution in [0, 0.1) is 0 Å². The summed E-state index contributed by atoms with van der Waals surface area (Å²) < 4.78 is 15.0. The zero-order valence-corrected chi connectivity index (χ0v) is 10.7. The van der Waals surface area contributed by atoms with Gasteiger partial charge in [-0.2, -0.15) is 0 Å². The molecule has 1 aliphatic rings. The molecule has 5 nitrogen and oxygen atoms in total. The summed E-state index contributed by atoms with van der Waals surface area (Å²) in [5.41, 5.74) is 0. The minimum absolute atomic E-state index is 0.228. The number of hydrogen-bond donors (Lipinski definition) is 1. The molecular formula is C10H20O5P+. The highest BCUT2D eigenvalue weighted by Gasteiger charge is 2.34. The van der Waals surface area contributed by atoms with Crippen molar-refractivity contribution in [3.8, 4) is 0 Å². The van der Waals surface area contributed by atoms with Gasteiger partial charge in [-0.15, -0.1) is 0 Å². The molecule has 94 valence electrons. The van der Waals surface area contributed by atoms with Gasteiger partial charge in [-0.3, -0.25) is 0 Å². The third-order valence-electron chi connectivity index (χ3n) is 2.38. The molecule has 1 N–H and O–H groups in total. The van der Waals surface area contributed by atoms with E-state index in [-0.39, 0.29) is 12.7 Å². The topological polar surface area (TPSA) is 65.0 Å². The lowest BCUT2D eigenvalue weighted by Crippen LogP contribution is -2.14. The van der Waals surface area contributed by atoms with Crippen LogP contribution in [0.2, 0.25) is 0 Å². The number of carbonyl (C=O) groups is 1. The van der Waals surface area contributed by atoms with Gasteiger partial charge in [-0.1, -0.05) is 13.3 Å². The quantitative estimate of drug-likeness (QED) is 0.427. The zero-order valence-electron chi connectivity index (χ0n) is 9.85. The minimum Gasteiger partial charge on any atom is -0.430 e. The van der Waals surface area contributed by atoms with Crippen LogP contribution in [0.3, 0.4) is 0 Å². The Balaban J connectivity index is 2.16. The molecule has 2 unspecified atom stereocenters. The largest absolute Gasteiger partial charge is 0.508 e. The van der Waals surface area contributed by atoms with Crippen molar-refractivity contribution in [3.63, 3.8) is 0 Å². The van der Waals surface area contributed by atoms with Gasteiger partial charge in [0.05, 0.1) is 6.61 Å². The van der Waals surface area contributed by atoms with Gasteiger partial charge in [0.2, 0.25) is 0 Å². The third-order valence-corrected chi connectivity index (χ3v) is 4.21. The van der Waals surface area contributed by atoms with Crippen LogP contribution < -0.4 is 0 Å². The number of ether oxygens (including phenoxy) is 2. The highest BCUT2D eigenvalue weighted by molar-refractivity contribution is 7.64. The fraction of sp³-hybridized carbons (Fsp3) is 0.900. The molecule has 0 aromatic heterocycles. The highest BCUT2D eigenvalue weighted by Crippen LogP contribution is 2.52. The highest BCUT2D eigenvalue weighted by atomic mass is 31.2. The minimum atomic E-state index is -2.29. The van der Waals surface area contributed by atoms with Crippen molar-refractivity contribution >= 4 is 13.9 Å². The summed E-state index contributed by atoms with van der Waals surface area (Å²) in [5.74, 6) is 0. The normalized spacial score (nSPS) is 23.7. The van der Waals surface area contributed by atoms with Crippen LogP contribution in [-0.2, 0) is 14.0 Å². The van der Waals surface area contributed by atoms with Gasteiger partial charge in [-0.05, 0) is 6.42 Å². The van der Waals surface area contributed by atoms with Crippen LogP contribution in [0.15, 0.2) is 0 Å². The maximum absolute atomic E-state index is 10.7. The van der Waals surface area contributed by atoms with Crippen LogP contribution in [0.1, 0.15) is 26.2 Å². The Morgan fingerprint density at radius 1 is 1.62 bits per heavy atom. The lowest BCUT2D eigenvalue weighted by molar-refractivity contribution is 0.117.